The van der Waals surface area contributed by atoms with Gasteiger partial charge >= 0.3 is 0 Å². The van der Waals surface area contributed by atoms with Gasteiger partial charge < -0.3 is 5.32 Å². The van der Waals surface area contributed by atoms with Crippen LogP contribution in [0.3, 0.4) is 0 Å². The van der Waals surface area contributed by atoms with E-state index in [4.69, 9.17) is 23.2 Å². The summed E-state index contributed by atoms with van der Waals surface area (Å²) in [5.74, 6) is -1.32. The number of rotatable bonds is 3. The van der Waals surface area contributed by atoms with Gasteiger partial charge in [-0.2, -0.15) is 0 Å². The highest BCUT2D eigenvalue weighted by Crippen LogP contribution is 2.30. The number of hydrogen-bond donors (Lipinski definition) is 1. The van der Waals surface area contributed by atoms with Crippen molar-refractivity contribution in [3.8, 4) is 0 Å². The predicted octanol–water partition coefficient (Wildman–Crippen LogP) is 3.98. The maximum atomic E-state index is 13.8. The lowest BCUT2D eigenvalue weighted by molar-refractivity contribution is 0.518. The van der Waals surface area contributed by atoms with Crippen molar-refractivity contribution < 1.29 is 8.78 Å². The van der Waals surface area contributed by atoms with Gasteiger partial charge in [0.15, 0.2) is 0 Å². The molecule has 0 radical (unpaired) electrons. The van der Waals surface area contributed by atoms with E-state index < -0.39 is 17.7 Å². The van der Waals surface area contributed by atoms with Crippen molar-refractivity contribution in [2.75, 3.05) is 7.05 Å². The van der Waals surface area contributed by atoms with Crippen LogP contribution in [0, 0.1) is 11.6 Å². The van der Waals surface area contributed by atoms with Crippen LogP contribution in [0.4, 0.5) is 8.78 Å². The lowest BCUT2D eigenvalue weighted by atomic mass is 10.0. The van der Waals surface area contributed by atoms with Gasteiger partial charge in [-0.1, -0.05) is 29.3 Å². The smallest absolute Gasteiger partial charge is 0.131 e. The van der Waals surface area contributed by atoms with Crippen LogP contribution in [0.25, 0.3) is 0 Å². The molecular formula is C13H10Cl2F2N2. The molecule has 2 aromatic rings. The van der Waals surface area contributed by atoms with E-state index in [2.05, 4.69) is 10.3 Å². The molecule has 0 spiro atoms. The number of nitrogens with zero attached hydrogens (tertiary/aromatic N) is 1. The van der Waals surface area contributed by atoms with Crippen molar-refractivity contribution in [1.29, 1.82) is 0 Å². The van der Waals surface area contributed by atoms with E-state index in [1.807, 2.05) is 0 Å². The standard InChI is InChI=1S/C13H10Cl2F2N2/c1-18-13(11-9(16)3-2-4-10(11)17)12-8(15)5-7(14)6-19-12/h2-6,13,18H,1H3. The predicted molar refractivity (Wildman–Crippen MR) is 71.5 cm³/mol. The summed E-state index contributed by atoms with van der Waals surface area (Å²) in [6, 6.07) is 4.37. The van der Waals surface area contributed by atoms with E-state index >= 15 is 0 Å². The molecule has 1 N–H and O–H groups in total. The zero-order valence-corrected chi connectivity index (χ0v) is 11.4. The van der Waals surface area contributed by atoms with Gasteiger partial charge in [0, 0.05) is 11.8 Å². The first-order valence-corrected chi connectivity index (χ1v) is 6.22. The minimum absolute atomic E-state index is 0.123. The molecule has 0 amide bonds. The maximum absolute atomic E-state index is 13.8. The fourth-order valence-corrected chi connectivity index (χ4v) is 2.33. The Morgan fingerprint density at radius 3 is 2.37 bits per heavy atom. The van der Waals surface area contributed by atoms with Crippen LogP contribution in [0.15, 0.2) is 30.5 Å². The second-order valence-corrected chi connectivity index (χ2v) is 4.72. The second-order valence-electron chi connectivity index (χ2n) is 3.88. The summed E-state index contributed by atoms with van der Waals surface area (Å²) in [4.78, 5) is 4.05. The summed E-state index contributed by atoms with van der Waals surface area (Å²) >= 11 is 11.8. The Balaban J connectivity index is 2.56. The highest BCUT2D eigenvalue weighted by molar-refractivity contribution is 6.34. The Labute approximate surface area is 119 Å². The summed E-state index contributed by atoms with van der Waals surface area (Å²) in [5, 5.41) is 3.41. The van der Waals surface area contributed by atoms with Crippen LogP contribution in [-0.2, 0) is 0 Å². The molecule has 1 unspecified atom stereocenters. The van der Waals surface area contributed by atoms with Gasteiger partial charge in [-0.05, 0) is 25.2 Å². The van der Waals surface area contributed by atoms with Gasteiger partial charge in [-0.25, -0.2) is 8.78 Å². The average Bonchev–Trinajstić information content (AvgIpc) is 2.35. The maximum Gasteiger partial charge on any atom is 0.131 e. The molecule has 1 aromatic carbocycles. The largest absolute Gasteiger partial charge is 0.308 e. The molecule has 19 heavy (non-hydrogen) atoms. The summed E-state index contributed by atoms with van der Waals surface area (Å²) in [6.45, 7) is 0. The molecule has 0 bridgehead atoms. The Hall–Kier alpha value is -1.23. The molecule has 0 saturated carbocycles. The van der Waals surface area contributed by atoms with E-state index in [0.29, 0.717) is 10.7 Å². The SMILES string of the molecule is CNC(c1ncc(Cl)cc1Cl)c1c(F)cccc1F. The summed E-state index contributed by atoms with van der Waals surface area (Å²) < 4.78 is 27.6. The van der Waals surface area contributed by atoms with Crippen molar-refractivity contribution in [3.05, 3.63) is 63.4 Å². The van der Waals surface area contributed by atoms with E-state index in [1.54, 1.807) is 7.05 Å². The minimum Gasteiger partial charge on any atom is -0.308 e. The molecule has 0 saturated heterocycles. The third-order valence-corrected chi connectivity index (χ3v) is 3.20. The third kappa shape index (κ3) is 2.86. The van der Waals surface area contributed by atoms with E-state index in [-0.39, 0.29) is 10.6 Å². The normalized spacial score (nSPS) is 12.5. The summed E-state index contributed by atoms with van der Waals surface area (Å²) in [6.07, 6.45) is 1.38. The van der Waals surface area contributed by atoms with Gasteiger partial charge in [0.1, 0.15) is 11.6 Å². The van der Waals surface area contributed by atoms with Crippen molar-refractivity contribution >= 4 is 23.2 Å². The number of aromatic nitrogens is 1. The number of nitrogens with one attached hydrogen (secondary N) is 1. The zero-order chi connectivity index (χ0) is 14.0. The summed E-state index contributed by atoms with van der Waals surface area (Å²) in [7, 11) is 1.57. The van der Waals surface area contributed by atoms with Gasteiger partial charge in [0.25, 0.3) is 0 Å². The Bertz CT molecular complexity index is 585. The molecule has 100 valence electrons. The minimum atomic E-state index is -0.786. The van der Waals surface area contributed by atoms with Crippen molar-refractivity contribution in [3.63, 3.8) is 0 Å². The third-order valence-electron chi connectivity index (χ3n) is 2.69. The quantitative estimate of drug-likeness (QED) is 0.928. The van der Waals surface area contributed by atoms with E-state index in [1.165, 1.54) is 30.5 Å². The molecule has 6 heteroatoms. The highest BCUT2D eigenvalue weighted by Gasteiger charge is 2.23. The monoisotopic (exact) mass is 302 g/mol. The van der Waals surface area contributed by atoms with Crippen LogP contribution in [-0.4, -0.2) is 12.0 Å². The number of halogens is 4. The van der Waals surface area contributed by atoms with Crippen molar-refractivity contribution in [2.24, 2.45) is 0 Å². The molecule has 0 aliphatic heterocycles. The molecule has 1 aromatic heterocycles. The van der Waals surface area contributed by atoms with Crippen LogP contribution in [0.5, 0.6) is 0 Å². The second kappa shape index (κ2) is 5.82. The number of benzene rings is 1. The van der Waals surface area contributed by atoms with Crippen molar-refractivity contribution in [2.45, 2.75) is 6.04 Å². The lowest BCUT2D eigenvalue weighted by Crippen LogP contribution is -2.22. The topological polar surface area (TPSA) is 24.9 Å². The van der Waals surface area contributed by atoms with Crippen molar-refractivity contribution in [1.82, 2.24) is 10.3 Å². The molecule has 0 fully saturated rings. The molecule has 0 aliphatic carbocycles. The summed E-state index contributed by atoms with van der Waals surface area (Å²) in [5.41, 5.74) is 0.194. The molecule has 2 rings (SSSR count). The van der Waals surface area contributed by atoms with Gasteiger partial charge in [0.05, 0.1) is 21.8 Å². The van der Waals surface area contributed by atoms with E-state index in [0.717, 1.165) is 0 Å². The average molecular weight is 303 g/mol. The first kappa shape index (κ1) is 14.2. The van der Waals surface area contributed by atoms with Gasteiger partial charge in [0.2, 0.25) is 0 Å². The zero-order valence-electron chi connectivity index (χ0n) is 9.92. The fourth-order valence-electron chi connectivity index (χ4n) is 1.84. The first-order valence-electron chi connectivity index (χ1n) is 5.46. The molecule has 1 atom stereocenters. The molecule has 2 nitrogen and oxygen atoms in total. The van der Waals surface area contributed by atoms with Gasteiger partial charge in [-0.15, -0.1) is 0 Å². The fraction of sp³-hybridized carbons (Fsp3) is 0.154. The number of hydrogen-bond acceptors (Lipinski definition) is 2. The van der Waals surface area contributed by atoms with Crippen LogP contribution >= 0.6 is 23.2 Å². The Kier molecular flexibility index (Phi) is 4.34. The van der Waals surface area contributed by atoms with Crippen LogP contribution < -0.4 is 5.32 Å². The first-order chi connectivity index (χ1) is 9.04. The van der Waals surface area contributed by atoms with Crippen LogP contribution in [0.2, 0.25) is 10.0 Å². The molecule has 1 heterocycles. The Morgan fingerprint density at radius 2 is 1.84 bits per heavy atom. The van der Waals surface area contributed by atoms with E-state index in [9.17, 15) is 8.78 Å². The lowest BCUT2D eigenvalue weighted by Gasteiger charge is -2.18. The molecule has 0 aliphatic rings. The number of pyridine rings is 1. The van der Waals surface area contributed by atoms with Crippen LogP contribution in [0.1, 0.15) is 17.3 Å². The highest BCUT2D eigenvalue weighted by atomic mass is 35.5. The molecular weight excluding hydrogens is 293 g/mol. The Morgan fingerprint density at radius 1 is 1.21 bits per heavy atom. The van der Waals surface area contributed by atoms with Gasteiger partial charge in [-0.3, -0.25) is 4.98 Å².